The Morgan fingerprint density at radius 1 is 1.38 bits per heavy atom. The zero-order valence-electron chi connectivity index (χ0n) is 9.49. The minimum absolute atomic E-state index is 0.00707. The SMILES string of the molecule is C#CC(C)Nc1nc2ccccc2cc1C. The van der Waals surface area contributed by atoms with Gasteiger partial charge in [-0.2, -0.15) is 0 Å². The summed E-state index contributed by atoms with van der Waals surface area (Å²) in [5.74, 6) is 3.50. The highest BCUT2D eigenvalue weighted by molar-refractivity contribution is 5.81. The van der Waals surface area contributed by atoms with Crippen LogP contribution in [0.5, 0.6) is 0 Å². The highest BCUT2D eigenvalue weighted by Crippen LogP contribution is 2.19. The molecule has 2 heteroatoms. The first kappa shape index (κ1) is 10.5. The number of anilines is 1. The molecule has 2 aromatic rings. The number of pyridine rings is 1. The number of hydrogen-bond donors (Lipinski definition) is 1. The molecule has 2 nitrogen and oxygen atoms in total. The van der Waals surface area contributed by atoms with Gasteiger partial charge in [0, 0.05) is 5.39 Å². The number of terminal acetylenes is 1. The molecule has 0 aliphatic heterocycles. The van der Waals surface area contributed by atoms with E-state index in [0.29, 0.717) is 0 Å². The molecule has 0 aliphatic rings. The first-order valence-electron chi connectivity index (χ1n) is 5.30. The largest absolute Gasteiger partial charge is 0.356 e. The van der Waals surface area contributed by atoms with Crippen LogP contribution in [0.4, 0.5) is 5.82 Å². The lowest BCUT2D eigenvalue weighted by Gasteiger charge is -2.12. The van der Waals surface area contributed by atoms with E-state index in [1.165, 1.54) is 0 Å². The van der Waals surface area contributed by atoms with Gasteiger partial charge in [0.2, 0.25) is 0 Å². The zero-order valence-corrected chi connectivity index (χ0v) is 9.49. The van der Waals surface area contributed by atoms with Gasteiger partial charge >= 0.3 is 0 Å². The number of benzene rings is 1. The van der Waals surface area contributed by atoms with Gasteiger partial charge in [-0.05, 0) is 31.5 Å². The van der Waals surface area contributed by atoms with Crippen molar-refractivity contribution >= 4 is 16.7 Å². The number of hydrogen-bond acceptors (Lipinski definition) is 2. The zero-order chi connectivity index (χ0) is 11.5. The van der Waals surface area contributed by atoms with Crippen LogP contribution in [0.1, 0.15) is 12.5 Å². The number of nitrogens with zero attached hydrogens (tertiary/aromatic N) is 1. The minimum Gasteiger partial charge on any atom is -0.356 e. The van der Waals surface area contributed by atoms with Gasteiger partial charge < -0.3 is 5.32 Å². The quantitative estimate of drug-likeness (QED) is 0.771. The maximum Gasteiger partial charge on any atom is 0.130 e. The third-order valence-electron chi connectivity index (χ3n) is 2.52. The van der Waals surface area contributed by atoms with Crippen LogP contribution in [0, 0.1) is 19.3 Å². The summed E-state index contributed by atoms with van der Waals surface area (Å²) >= 11 is 0. The Balaban J connectivity index is 2.47. The van der Waals surface area contributed by atoms with Crippen LogP contribution < -0.4 is 5.32 Å². The van der Waals surface area contributed by atoms with E-state index in [1.54, 1.807) is 0 Å². The Labute approximate surface area is 95.7 Å². The van der Waals surface area contributed by atoms with Gasteiger partial charge in [0.15, 0.2) is 0 Å². The van der Waals surface area contributed by atoms with Crippen LogP contribution in [0.3, 0.4) is 0 Å². The lowest BCUT2D eigenvalue weighted by atomic mass is 10.1. The minimum atomic E-state index is -0.00707. The molecule has 0 radical (unpaired) electrons. The Morgan fingerprint density at radius 2 is 2.12 bits per heavy atom. The fraction of sp³-hybridized carbons (Fsp3) is 0.214. The predicted molar refractivity (Wildman–Crippen MR) is 68.4 cm³/mol. The maximum absolute atomic E-state index is 5.34. The van der Waals surface area contributed by atoms with Crippen molar-refractivity contribution in [3.05, 3.63) is 35.9 Å². The summed E-state index contributed by atoms with van der Waals surface area (Å²) < 4.78 is 0. The van der Waals surface area contributed by atoms with E-state index < -0.39 is 0 Å². The average Bonchev–Trinajstić information content (AvgIpc) is 2.30. The van der Waals surface area contributed by atoms with Gasteiger partial charge in [-0.15, -0.1) is 6.42 Å². The second-order valence-corrected chi connectivity index (χ2v) is 3.88. The van der Waals surface area contributed by atoms with E-state index in [-0.39, 0.29) is 6.04 Å². The summed E-state index contributed by atoms with van der Waals surface area (Å²) in [6.45, 7) is 3.97. The molecule has 0 fully saturated rings. The Bertz CT molecular complexity index is 552. The van der Waals surface area contributed by atoms with Crippen LogP contribution in [0.2, 0.25) is 0 Å². The summed E-state index contributed by atoms with van der Waals surface area (Å²) in [5.41, 5.74) is 2.10. The third kappa shape index (κ3) is 1.99. The highest BCUT2D eigenvalue weighted by atomic mass is 15.0. The molecule has 0 saturated carbocycles. The van der Waals surface area contributed by atoms with E-state index in [9.17, 15) is 0 Å². The number of nitrogens with one attached hydrogen (secondary N) is 1. The monoisotopic (exact) mass is 210 g/mol. The lowest BCUT2D eigenvalue weighted by molar-refractivity contribution is 1.01. The standard InChI is InChI=1S/C14H14N2/c1-4-11(3)15-14-10(2)9-12-7-5-6-8-13(12)16-14/h1,5-9,11H,2-3H3,(H,15,16). The molecule has 1 N–H and O–H groups in total. The summed E-state index contributed by atoms with van der Waals surface area (Å²) in [5, 5.41) is 4.36. The van der Waals surface area contributed by atoms with Crippen molar-refractivity contribution < 1.29 is 0 Å². The lowest BCUT2D eigenvalue weighted by Crippen LogP contribution is -2.14. The normalized spacial score (nSPS) is 12.1. The molecule has 0 amide bonds. The predicted octanol–water partition coefficient (Wildman–Crippen LogP) is 2.98. The average molecular weight is 210 g/mol. The fourth-order valence-electron chi connectivity index (χ4n) is 1.61. The number of fused-ring (bicyclic) bond motifs is 1. The first-order chi connectivity index (χ1) is 7.70. The van der Waals surface area contributed by atoms with Crippen LogP contribution in [-0.2, 0) is 0 Å². The molecule has 0 saturated heterocycles. The number of para-hydroxylation sites is 1. The Hall–Kier alpha value is -2.01. The maximum atomic E-state index is 5.34. The molecule has 1 heterocycles. The van der Waals surface area contributed by atoms with Gasteiger partial charge in [0.05, 0.1) is 11.6 Å². The second kappa shape index (κ2) is 4.24. The number of aromatic nitrogens is 1. The molecule has 0 bridgehead atoms. The van der Waals surface area contributed by atoms with Gasteiger partial charge in [0.25, 0.3) is 0 Å². The van der Waals surface area contributed by atoms with Gasteiger partial charge in [-0.3, -0.25) is 0 Å². The van der Waals surface area contributed by atoms with Crippen molar-refractivity contribution in [1.29, 1.82) is 0 Å². The number of aryl methyl sites for hydroxylation is 1. The molecular weight excluding hydrogens is 196 g/mol. The molecule has 2 rings (SSSR count). The molecule has 0 aliphatic carbocycles. The summed E-state index contributed by atoms with van der Waals surface area (Å²) in [4.78, 5) is 4.56. The van der Waals surface area contributed by atoms with Crippen molar-refractivity contribution in [2.75, 3.05) is 5.32 Å². The van der Waals surface area contributed by atoms with E-state index in [2.05, 4.69) is 28.4 Å². The molecule has 1 aromatic heterocycles. The fourth-order valence-corrected chi connectivity index (χ4v) is 1.61. The molecule has 80 valence electrons. The second-order valence-electron chi connectivity index (χ2n) is 3.88. The number of rotatable bonds is 2. The molecule has 1 atom stereocenters. The Morgan fingerprint density at radius 3 is 2.88 bits per heavy atom. The van der Waals surface area contributed by atoms with Crippen molar-refractivity contribution in [1.82, 2.24) is 4.98 Å². The molecule has 16 heavy (non-hydrogen) atoms. The summed E-state index contributed by atoms with van der Waals surface area (Å²) in [7, 11) is 0. The first-order valence-corrected chi connectivity index (χ1v) is 5.30. The van der Waals surface area contributed by atoms with Crippen LogP contribution >= 0.6 is 0 Å². The van der Waals surface area contributed by atoms with Crippen molar-refractivity contribution in [2.24, 2.45) is 0 Å². The molecule has 1 aromatic carbocycles. The summed E-state index contributed by atoms with van der Waals surface area (Å²) in [6, 6.07) is 10.2. The van der Waals surface area contributed by atoms with Crippen molar-refractivity contribution in [3.63, 3.8) is 0 Å². The van der Waals surface area contributed by atoms with E-state index in [4.69, 9.17) is 6.42 Å². The highest BCUT2D eigenvalue weighted by Gasteiger charge is 2.04. The smallest absolute Gasteiger partial charge is 0.130 e. The third-order valence-corrected chi connectivity index (χ3v) is 2.52. The van der Waals surface area contributed by atoms with Gasteiger partial charge in [-0.25, -0.2) is 4.98 Å². The molecule has 1 unspecified atom stereocenters. The van der Waals surface area contributed by atoms with Crippen molar-refractivity contribution in [2.45, 2.75) is 19.9 Å². The Kier molecular flexibility index (Phi) is 2.78. The van der Waals surface area contributed by atoms with Crippen LogP contribution in [0.15, 0.2) is 30.3 Å². The molecule has 0 spiro atoms. The van der Waals surface area contributed by atoms with Crippen LogP contribution in [0.25, 0.3) is 10.9 Å². The summed E-state index contributed by atoms with van der Waals surface area (Å²) in [6.07, 6.45) is 5.34. The topological polar surface area (TPSA) is 24.9 Å². The van der Waals surface area contributed by atoms with E-state index >= 15 is 0 Å². The van der Waals surface area contributed by atoms with Gasteiger partial charge in [-0.1, -0.05) is 24.1 Å². The van der Waals surface area contributed by atoms with Crippen molar-refractivity contribution in [3.8, 4) is 12.3 Å². The van der Waals surface area contributed by atoms with E-state index in [1.807, 2.05) is 32.0 Å². The van der Waals surface area contributed by atoms with E-state index in [0.717, 1.165) is 22.3 Å². The van der Waals surface area contributed by atoms with Crippen LogP contribution in [-0.4, -0.2) is 11.0 Å². The van der Waals surface area contributed by atoms with Gasteiger partial charge in [0.1, 0.15) is 5.82 Å². The molecular formula is C14H14N2.